The van der Waals surface area contributed by atoms with E-state index in [-0.39, 0.29) is 5.78 Å². The number of hydrogen-bond donors (Lipinski definition) is 1. The van der Waals surface area contributed by atoms with Gasteiger partial charge in [0.25, 0.3) is 0 Å². The Morgan fingerprint density at radius 3 is 2.52 bits per heavy atom. The predicted octanol–water partition coefficient (Wildman–Crippen LogP) is 3.84. The van der Waals surface area contributed by atoms with E-state index < -0.39 is 10.8 Å². The summed E-state index contributed by atoms with van der Waals surface area (Å²) in [7, 11) is 0. The second kappa shape index (κ2) is 6.34. The standard InChI is InChI=1S/C18H16ClN3O/c1-18(19)12-14(22-17-20-10-5-11-21-17)8-9-15(18)16(23)13-6-3-2-4-7-13/h2-12,15H,1H3,(H,20,21,22). The first kappa shape index (κ1) is 15.4. The molecule has 0 spiro atoms. The van der Waals surface area contributed by atoms with Gasteiger partial charge in [-0.3, -0.25) is 4.79 Å². The Morgan fingerprint density at radius 1 is 1.17 bits per heavy atom. The molecular weight excluding hydrogens is 310 g/mol. The van der Waals surface area contributed by atoms with Gasteiger partial charge in [0.05, 0.1) is 10.8 Å². The molecule has 1 aliphatic rings. The molecule has 2 unspecified atom stereocenters. The molecule has 5 heteroatoms. The molecule has 0 aliphatic heterocycles. The van der Waals surface area contributed by atoms with Crippen molar-refractivity contribution in [2.24, 2.45) is 5.92 Å². The number of Topliss-reactive ketones (excluding diaryl/α,β-unsaturated/α-hetero) is 1. The second-order valence-electron chi connectivity index (χ2n) is 5.52. The minimum atomic E-state index is -0.821. The van der Waals surface area contributed by atoms with Crippen LogP contribution in [0.2, 0.25) is 0 Å². The molecule has 1 heterocycles. The summed E-state index contributed by atoms with van der Waals surface area (Å²) in [4.78, 5) is 20.1. The molecule has 0 fully saturated rings. The molecule has 0 saturated heterocycles. The SMILES string of the molecule is CC1(Cl)C=C(Nc2ncccn2)C=CC1C(=O)c1ccccc1. The van der Waals surface area contributed by atoms with Crippen molar-refractivity contribution in [2.75, 3.05) is 5.32 Å². The molecule has 4 nitrogen and oxygen atoms in total. The van der Waals surface area contributed by atoms with E-state index >= 15 is 0 Å². The lowest BCUT2D eigenvalue weighted by molar-refractivity contribution is 0.0932. The lowest BCUT2D eigenvalue weighted by Gasteiger charge is -2.30. The molecule has 3 rings (SSSR count). The van der Waals surface area contributed by atoms with Crippen molar-refractivity contribution in [3.8, 4) is 0 Å². The number of alkyl halides is 1. The molecule has 1 aromatic heterocycles. The van der Waals surface area contributed by atoms with Crippen molar-refractivity contribution in [3.05, 3.63) is 78.3 Å². The van der Waals surface area contributed by atoms with Gasteiger partial charge in [-0.25, -0.2) is 9.97 Å². The highest BCUT2D eigenvalue weighted by molar-refractivity contribution is 6.28. The Bertz CT molecular complexity index is 754. The second-order valence-corrected chi connectivity index (χ2v) is 6.33. The normalized spacial score (nSPS) is 23.2. The zero-order chi connectivity index (χ0) is 16.3. The van der Waals surface area contributed by atoms with Crippen molar-refractivity contribution in [3.63, 3.8) is 0 Å². The first-order chi connectivity index (χ1) is 11.1. The van der Waals surface area contributed by atoms with Gasteiger partial charge in [0.1, 0.15) is 0 Å². The highest BCUT2D eigenvalue weighted by Gasteiger charge is 2.36. The number of halogens is 1. The lowest BCUT2D eigenvalue weighted by Crippen LogP contribution is -2.34. The maximum atomic E-state index is 12.7. The van der Waals surface area contributed by atoms with E-state index in [0.717, 1.165) is 5.70 Å². The average Bonchev–Trinajstić information content (AvgIpc) is 2.55. The molecule has 23 heavy (non-hydrogen) atoms. The molecular formula is C18H16ClN3O. The Balaban J connectivity index is 1.80. The van der Waals surface area contributed by atoms with Crippen LogP contribution in [0.3, 0.4) is 0 Å². The van der Waals surface area contributed by atoms with E-state index in [2.05, 4.69) is 15.3 Å². The van der Waals surface area contributed by atoms with Crippen LogP contribution in [0.5, 0.6) is 0 Å². The van der Waals surface area contributed by atoms with Gasteiger partial charge in [0.2, 0.25) is 5.95 Å². The first-order valence-corrected chi connectivity index (χ1v) is 7.67. The quantitative estimate of drug-likeness (QED) is 0.685. The van der Waals surface area contributed by atoms with Gasteiger partial charge in [0, 0.05) is 23.7 Å². The van der Waals surface area contributed by atoms with Crippen LogP contribution in [0.25, 0.3) is 0 Å². The van der Waals surface area contributed by atoms with Crippen LogP contribution < -0.4 is 5.32 Å². The number of anilines is 1. The zero-order valence-corrected chi connectivity index (χ0v) is 13.4. The van der Waals surface area contributed by atoms with Gasteiger partial charge in [-0.1, -0.05) is 36.4 Å². The number of rotatable bonds is 4. The number of carbonyl (C=O) groups excluding carboxylic acids is 1. The number of allylic oxidation sites excluding steroid dienone is 3. The molecule has 0 amide bonds. The van der Waals surface area contributed by atoms with Crippen LogP contribution in [0, 0.1) is 5.92 Å². The van der Waals surface area contributed by atoms with Crippen LogP contribution in [-0.2, 0) is 0 Å². The van der Waals surface area contributed by atoms with Crippen molar-refractivity contribution in [1.82, 2.24) is 9.97 Å². The van der Waals surface area contributed by atoms with Crippen LogP contribution in [0.15, 0.2) is 72.7 Å². The number of aromatic nitrogens is 2. The molecule has 2 atom stereocenters. The van der Waals surface area contributed by atoms with Gasteiger partial charge in [-0.05, 0) is 25.1 Å². The van der Waals surface area contributed by atoms with E-state index in [1.165, 1.54) is 0 Å². The highest BCUT2D eigenvalue weighted by Crippen LogP contribution is 2.35. The van der Waals surface area contributed by atoms with Gasteiger partial charge in [0.15, 0.2) is 5.78 Å². The zero-order valence-electron chi connectivity index (χ0n) is 12.6. The number of carbonyl (C=O) groups is 1. The van der Waals surface area contributed by atoms with Crippen LogP contribution in [-0.4, -0.2) is 20.6 Å². The fraction of sp³-hybridized carbons (Fsp3) is 0.167. The van der Waals surface area contributed by atoms with E-state index in [1.807, 2.05) is 43.4 Å². The average molecular weight is 326 g/mol. The van der Waals surface area contributed by atoms with Crippen molar-refractivity contribution < 1.29 is 4.79 Å². The summed E-state index contributed by atoms with van der Waals surface area (Å²) in [6, 6.07) is 10.9. The molecule has 1 N–H and O–H groups in total. The molecule has 1 aliphatic carbocycles. The Hall–Kier alpha value is -2.46. The van der Waals surface area contributed by atoms with Gasteiger partial charge in [-0.2, -0.15) is 0 Å². The number of nitrogens with one attached hydrogen (secondary N) is 1. The number of ketones is 1. The van der Waals surface area contributed by atoms with E-state index in [1.54, 1.807) is 30.6 Å². The summed E-state index contributed by atoms with van der Waals surface area (Å²) in [5.74, 6) is 0.0723. The third kappa shape index (κ3) is 3.48. The third-order valence-corrected chi connectivity index (χ3v) is 4.02. The Morgan fingerprint density at radius 2 is 1.87 bits per heavy atom. The third-order valence-electron chi connectivity index (χ3n) is 3.68. The predicted molar refractivity (Wildman–Crippen MR) is 91.4 cm³/mol. The maximum Gasteiger partial charge on any atom is 0.227 e. The number of hydrogen-bond acceptors (Lipinski definition) is 4. The van der Waals surface area contributed by atoms with E-state index in [0.29, 0.717) is 11.5 Å². The fourth-order valence-electron chi connectivity index (χ4n) is 2.53. The van der Waals surface area contributed by atoms with E-state index in [4.69, 9.17) is 11.6 Å². The summed E-state index contributed by atoms with van der Waals surface area (Å²) in [6.45, 7) is 1.83. The lowest BCUT2D eigenvalue weighted by atomic mass is 9.82. The summed E-state index contributed by atoms with van der Waals surface area (Å²) in [5.41, 5.74) is 1.43. The summed E-state index contributed by atoms with van der Waals surface area (Å²) in [5, 5.41) is 3.09. The summed E-state index contributed by atoms with van der Waals surface area (Å²) < 4.78 is 0. The minimum absolute atomic E-state index is 0.00520. The monoisotopic (exact) mass is 325 g/mol. The summed E-state index contributed by atoms with van der Waals surface area (Å²) >= 11 is 6.61. The molecule has 0 radical (unpaired) electrons. The van der Waals surface area contributed by atoms with Crippen molar-refractivity contribution >= 4 is 23.3 Å². The maximum absolute atomic E-state index is 12.7. The van der Waals surface area contributed by atoms with Crippen LogP contribution in [0.4, 0.5) is 5.95 Å². The largest absolute Gasteiger partial charge is 0.324 e. The van der Waals surface area contributed by atoms with Gasteiger partial charge >= 0.3 is 0 Å². The Kier molecular flexibility index (Phi) is 4.26. The van der Waals surface area contributed by atoms with E-state index in [9.17, 15) is 4.79 Å². The number of nitrogens with zero attached hydrogens (tertiary/aromatic N) is 2. The summed E-state index contributed by atoms with van der Waals surface area (Å²) in [6.07, 6.45) is 8.81. The molecule has 0 saturated carbocycles. The van der Waals surface area contributed by atoms with Gasteiger partial charge < -0.3 is 5.32 Å². The Labute approximate surface area is 139 Å². The van der Waals surface area contributed by atoms with Crippen LogP contribution >= 0.6 is 11.6 Å². The molecule has 2 aromatic rings. The smallest absolute Gasteiger partial charge is 0.227 e. The fourth-order valence-corrected chi connectivity index (χ4v) is 2.82. The minimum Gasteiger partial charge on any atom is -0.324 e. The first-order valence-electron chi connectivity index (χ1n) is 7.29. The molecule has 1 aromatic carbocycles. The van der Waals surface area contributed by atoms with Crippen molar-refractivity contribution in [1.29, 1.82) is 0 Å². The van der Waals surface area contributed by atoms with Crippen molar-refractivity contribution in [2.45, 2.75) is 11.8 Å². The van der Waals surface area contributed by atoms with Gasteiger partial charge in [-0.15, -0.1) is 11.6 Å². The topological polar surface area (TPSA) is 54.9 Å². The molecule has 116 valence electrons. The van der Waals surface area contributed by atoms with Crippen LogP contribution in [0.1, 0.15) is 17.3 Å². The number of benzene rings is 1. The highest BCUT2D eigenvalue weighted by atomic mass is 35.5. The molecule has 0 bridgehead atoms.